The van der Waals surface area contributed by atoms with Crippen LogP contribution in [0.2, 0.25) is 5.02 Å². The molecule has 0 aliphatic carbocycles. The summed E-state index contributed by atoms with van der Waals surface area (Å²) in [6.07, 6.45) is -4.77. The maximum Gasteiger partial charge on any atom is 0.573 e. The first-order chi connectivity index (χ1) is 14.2. The zero-order valence-corrected chi connectivity index (χ0v) is 16.2. The van der Waals surface area contributed by atoms with E-state index in [4.69, 9.17) is 16.3 Å². The van der Waals surface area contributed by atoms with Crippen LogP contribution in [0.25, 0.3) is 11.1 Å². The lowest BCUT2D eigenvalue weighted by atomic mass is 10.0. The third-order valence-corrected chi connectivity index (χ3v) is 4.51. The van der Waals surface area contributed by atoms with Gasteiger partial charge in [-0.2, -0.15) is 4.91 Å². The first-order valence-corrected chi connectivity index (χ1v) is 8.90. The van der Waals surface area contributed by atoms with E-state index in [1.165, 1.54) is 12.1 Å². The molecule has 3 rings (SSSR count). The lowest BCUT2D eigenvalue weighted by Gasteiger charge is -2.12. The summed E-state index contributed by atoms with van der Waals surface area (Å²) in [7, 11) is 0. The highest BCUT2D eigenvalue weighted by Crippen LogP contribution is 2.29. The number of aryl methyl sites for hydroxylation is 1. The number of nitrogens with zero attached hydrogens (tertiary/aromatic N) is 1. The third-order valence-electron chi connectivity index (χ3n) is 4.05. The van der Waals surface area contributed by atoms with E-state index in [2.05, 4.69) is 14.9 Å². The van der Waals surface area contributed by atoms with Crippen LogP contribution in [0, 0.1) is 11.8 Å². The zero-order valence-electron chi connectivity index (χ0n) is 15.4. The molecule has 10 heteroatoms. The molecule has 0 amide bonds. The molecule has 0 radical (unpaired) electrons. The van der Waals surface area contributed by atoms with Crippen LogP contribution in [0.5, 0.6) is 17.2 Å². The summed E-state index contributed by atoms with van der Waals surface area (Å²) in [4.78, 5) is 26.2. The molecule has 1 aromatic heterocycles. The minimum absolute atomic E-state index is 0.0149. The Hall–Kier alpha value is -3.33. The minimum atomic E-state index is -4.77. The molecule has 1 N–H and O–H groups in total. The van der Waals surface area contributed by atoms with Gasteiger partial charge < -0.3 is 14.5 Å². The summed E-state index contributed by atoms with van der Waals surface area (Å²) >= 11 is 6.04. The van der Waals surface area contributed by atoms with Gasteiger partial charge in [0.25, 0.3) is 0 Å². The van der Waals surface area contributed by atoms with E-state index in [1.54, 1.807) is 31.2 Å². The van der Waals surface area contributed by atoms with Crippen LogP contribution in [0.1, 0.15) is 11.4 Å². The van der Waals surface area contributed by atoms with Crippen molar-refractivity contribution >= 4 is 11.6 Å². The molecular formula is C20H14ClF3N2O4. The van der Waals surface area contributed by atoms with E-state index in [0.717, 1.165) is 12.1 Å². The molecule has 2 aromatic carbocycles. The Kier molecular flexibility index (Phi) is 6.12. The average molecular weight is 439 g/mol. The topological polar surface area (TPSA) is 80.8 Å². The van der Waals surface area contributed by atoms with Crippen molar-refractivity contribution in [3.05, 3.63) is 80.1 Å². The summed E-state index contributed by atoms with van der Waals surface area (Å²) in [5.41, 5.74) is 1.07. The predicted molar refractivity (Wildman–Crippen MR) is 105 cm³/mol. The summed E-state index contributed by atoms with van der Waals surface area (Å²) < 4.78 is 46.0. The van der Waals surface area contributed by atoms with Gasteiger partial charge in [0.15, 0.2) is 0 Å². The van der Waals surface area contributed by atoms with Crippen LogP contribution in [0.15, 0.2) is 58.5 Å². The number of hydrogen-bond acceptors (Lipinski definition) is 5. The number of aromatic amines is 1. The van der Waals surface area contributed by atoms with E-state index in [0.29, 0.717) is 28.5 Å². The SMILES string of the molecule is Cc1[nH]c(CN=O)c(-c2ccc(Oc3ccc(OC(F)(F)F)cc3)cc2)c(=O)c1Cl. The van der Waals surface area contributed by atoms with Crippen molar-refractivity contribution in [3.63, 3.8) is 0 Å². The molecule has 0 unspecified atom stereocenters. The Labute approximate surface area is 173 Å². The molecule has 0 saturated carbocycles. The van der Waals surface area contributed by atoms with Gasteiger partial charge in [-0.3, -0.25) is 4.79 Å². The lowest BCUT2D eigenvalue weighted by molar-refractivity contribution is -0.274. The van der Waals surface area contributed by atoms with Gasteiger partial charge in [0.1, 0.15) is 28.8 Å². The molecule has 0 atom stereocenters. The molecule has 1 heterocycles. The summed E-state index contributed by atoms with van der Waals surface area (Å²) in [6.45, 7) is 1.39. The number of rotatable bonds is 6. The van der Waals surface area contributed by atoms with Crippen molar-refractivity contribution in [3.8, 4) is 28.4 Å². The first kappa shape index (κ1) is 21.4. The average Bonchev–Trinajstić information content (AvgIpc) is 2.68. The largest absolute Gasteiger partial charge is 0.573 e. The number of aromatic nitrogens is 1. The van der Waals surface area contributed by atoms with Crippen molar-refractivity contribution in [2.75, 3.05) is 0 Å². The number of hydrogen-bond donors (Lipinski definition) is 1. The number of pyridine rings is 1. The van der Waals surface area contributed by atoms with Gasteiger partial charge in [-0.25, -0.2) is 0 Å². The van der Waals surface area contributed by atoms with Crippen molar-refractivity contribution in [1.29, 1.82) is 0 Å². The molecule has 0 fully saturated rings. The van der Waals surface area contributed by atoms with Crippen LogP contribution in [-0.4, -0.2) is 11.3 Å². The number of nitrogens with one attached hydrogen (secondary N) is 1. The molecule has 3 aromatic rings. The second-order valence-corrected chi connectivity index (χ2v) is 6.56. The Morgan fingerprint density at radius 2 is 1.53 bits per heavy atom. The van der Waals surface area contributed by atoms with Crippen molar-refractivity contribution in [1.82, 2.24) is 4.98 Å². The number of halogens is 4. The lowest BCUT2D eigenvalue weighted by Crippen LogP contribution is -2.16. The fourth-order valence-corrected chi connectivity index (χ4v) is 2.93. The van der Waals surface area contributed by atoms with Gasteiger partial charge in [0.05, 0.1) is 11.3 Å². The molecule has 0 aliphatic heterocycles. The number of benzene rings is 2. The highest BCUT2D eigenvalue weighted by Gasteiger charge is 2.31. The van der Waals surface area contributed by atoms with Crippen molar-refractivity contribution in [2.45, 2.75) is 19.8 Å². The van der Waals surface area contributed by atoms with Gasteiger partial charge >= 0.3 is 6.36 Å². The highest BCUT2D eigenvalue weighted by molar-refractivity contribution is 6.31. The molecular weight excluding hydrogens is 425 g/mol. The van der Waals surface area contributed by atoms with Crippen LogP contribution in [-0.2, 0) is 6.54 Å². The van der Waals surface area contributed by atoms with Crippen LogP contribution in [0.4, 0.5) is 13.2 Å². The number of alkyl halides is 3. The van der Waals surface area contributed by atoms with Gasteiger partial charge in [-0.15, -0.1) is 13.2 Å². The van der Waals surface area contributed by atoms with E-state index in [1.807, 2.05) is 0 Å². The highest BCUT2D eigenvalue weighted by atomic mass is 35.5. The minimum Gasteiger partial charge on any atom is -0.457 e. The second kappa shape index (κ2) is 8.58. The molecule has 6 nitrogen and oxygen atoms in total. The Balaban J connectivity index is 1.83. The van der Waals surface area contributed by atoms with Crippen molar-refractivity contribution < 1.29 is 22.6 Å². The Morgan fingerprint density at radius 1 is 1.00 bits per heavy atom. The molecule has 156 valence electrons. The van der Waals surface area contributed by atoms with Crippen molar-refractivity contribution in [2.24, 2.45) is 5.18 Å². The standard InChI is InChI=1S/C20H14ClF3N2O4/c1-11-18(21)19(27)17(16(26-11)10-25-28)12-2-4-13(5-3-12)29-14-6-8-15(9-7-14)30-20(22,23)24/h2-9H,10H2,1H3,(H,26,27). The molecule has 0 saturated heterocycles. The first-order valence-electron chi connectivity index (χ1n) is 8.52. The molecule has 30 heavy (non-hydrogen) atoms. The maximum atomic E-state index is 12.6. The van der Waals surface area contributed by atoms with Crippen LogP contribution in [0.3, 0.4) is 0 Å². The maximum absolute atomic E-state index is 12.6. The monoisotopic (exact) mass is 438 g/mol. The quantitative estimate of drug-likeness (QED) is 0.481. The van der Waals surface area contributed by atoms with E-state index in [-0.39, 0.29) is 22.9 Å². The Bertz CT molecular complexity index is 1110. The van der Waals surface area contributed by atoms with Gasteiger partial charge in [0, 0.05) is 5.69 Å². The number of nitroso groups, excluding NO2 is 1. The summed E-state index contributed by atoms with van der Waals surface area (Å²) in [5.74, 6) is 0.310. The predicted octanol–water partition coefficient (Wildman–Crippen LogP) is 5.96. The normalized spacial score (nSPS) is 11.2. The molecule has 0 spiro atoms. The van der Waals surface area contributed by atoms with Gasteiger partial charge in [-0.1, -0.05) is 28.9 Å². The molecule has 0 aliphatic rings. The number of H-pyrrole nitrogens is 1. The zero-order chi connectivity index (χ0) is 21.9. The van der Waals surface area contributed by atoms with Crippen LogP contribution >= 0.6 is 11.6 Å². The fourth-order valence-electron chi connectivity index (χ4n) is 2.78. The van der Waals surface area contributed by atoms with Crippen LogP contribution < -0.4 is 14.9 Å². The smallest absolute Gasteiger partial charge is 0.457 e. The summed E-state index contributed by atoms with van der Waals surface area (Å²) in [6, 6.07) is 11.2. The summed E-state index contributed by atoms with van der Waals surface area (Å²) in [5, 5.41) is 2.85. The van der Waals surface area contributed by atoms with Gasteiger partial charge in [0.2, 0.25) is 5.43 Å². The molecule has 0 bridgehead atoms. The van der Waals surface area contributed by atoms with Gasteiger partial charge in [-0.05, 0) is 48.9 Å². The van der Waals surface area contributed by atoms with E-state index < -0.39 is 11.8 Å². The van der Waals surface area contributed by atoms with E-state index in [9.17, 15) is 22.9 Å². The third kappa shape index (κ3) is 4.98. The van der Waals surface area contributed by atoms with E-state index >= 15 is 0 Å². The Morgan fingerprint density at radius 3 is 2.07 bits per heavy atom. The fraction of sp³-hybridized carbons (Fsp3) is 0.150. The number of ether oxygens (including phenoxy) is 2. The second-order valence-electron chi connectivity index (χ2n) is 6.18.